The van der Waals surface area contributed by atoms with Crippen molar-refractivity contribution in [1.29, 1.82) is 0 Å². The molecule has 4 nitrogen and oxygen atoms in total. The summed E-state index contributed by atoms with van der Waals surface area (Å²) in [4.78, 5) is 7.65. The van der Waals surface area contributed by atoms with E-state index in [0.29, 0.717) is 0 Å². The lowest BCUT2D eigenvalue weighted by Crippen LogP contribution is -2.43. The molecule has 0 fully saturated rings. The zero-order valence-electron chi connectivity index (χ0n) is 7.87. The van der Waals surface area contributed by atoms with Crippen LogP contribution in [0.3, 0.4) is 0 Å². The quantitative estimate of drug-likeness (QED) is 0.696. The summed E-state index contributed by atoms with van der Waals surface area (Å²) in [6.45, 7) is 0. The smallest absolute Gasteiger partial charge is 0.0775 e. The van der Waals surface area contributed by atoms with Gasteiger partial charge in [0.25, 0.3) is 0 Å². The summed E-state index contributed by atoms with van der Waals surface area (Å²) in [6, 6.07) is 9.60. The standard InChI is InChI=1S/C11H9N2O2/c14-11(15,9-5-1-3-7-12-9)10-6-2-4-8-13-10/h1-8,14H/q-1. The highest BCUT2D eigenvalue weighted by Crippen LogP contribution is 2.18. The van der Waals surface area contributed by atoms with E-state index in [1.165, 1.54) is 24.5 Å². The van der Waals surface area contributed by atoms with E-state index in [9.17, 15) is 10.2 Å². The molecule has 0 amide bonds. The summed E-state index contributed by atoms with van der Waals surface area (Å²) in [6.07, 6.45) is 2.92. The van der Waals surface area contributed by atoms with Crippen molar-refractivity contribution in [1.82, 2.24) is 9.97 Å². The second-order valence-electron chi connectivity index (χ2n) is 3.07. The molecule has 2 rings (SSSR count). The maximum atomic E-state index is 11.9. The van der Waals surface area contributed by atoms with Crippen LogP contribution >= 0.6 is 0 Å². The molecule has 0 radical (unpaired) electrons. The predicted octanol–water partition coefficient (Wildman–Crippen LogP) is 0.0303. The van der Waals surface area contributed by atoms with Gasteiger partial charge in [-0.2, -0.15) is 0 Å². The lowest BCUT2D eigenvalue weighted by atomic mass is 10.1. The molecule has 0 aromatic carbocycles. The highest BCUT2D eigenvalue weighted by atomic mass is 16.5. The predicted molar refractivity (Wildman–Crippen MR) is 51.5 cm³/mol. The Morgan fingerprint density at radius 1 is 0.933 bits per heavy atom. The van der Waals surface area contributed by atoms with E-state index in [1.807, 2.05) is 0 Å². The summed E-state index contributed by atoms with van der Waals surface area (Å²) in [5.41, 5.74) is 0.0902. The molecular weight excluding hydrogens is 192 g/mol. The van der Waals surface area contributed by atoms with Crippen LogP contribution in [0.5, 0.6) is 0 Å². The Bertz CT molecular complexity index is 387. The van der Waals surface area contributed by atoms with Crippen molar-refractivity contribution in [2.45, 2.75) is 5.79 Å². The summed E-state index contributed by atoms with van der Waals surface area (Å²) < 4.78 is 0. The fraction of sp³-hybridized carbons (Fsp3) is 0.0909. The van der Waals surface area contributed by atoms with Gasteiger partial charge < -0.3 is 10.2 Å². The van der Waals surface area contributed by atoms with Crippen molar-refractivity contribution >= 4 is 0 Å². The van der Waals surface area contributed by atoms with Crippen LogP contribution in [0, 0.1) is 0 Å². The Kier molecular flexibility index (Phi) is 2.45. The lowest BCUT2D eigenvalue weighted by Gasteiger charge is -2.32. The summed E-state index contributed by atoms with van der Waals surface area (Å²) in [5, 5.41) is 21.7. The van der Waals surface area contributed by atoms with Gasteiger partial charge in [-0.3, -0.25) is 9.97 Å². The molecule has 2 heterocycles. The van der Waals surface area contributed by atoms with Crippen molar-refractivity contribution in [2.24, 2.45) is 0 Å². The molecule has 4 heteroatoms. The second kappa shape index (κ2) is 3.76. The first-order valence-electron chi connectivity index (χ1n) is 4.47. The average molecular weight is 201 g/mol. The highest BCUT2D eigenvalue weighted by molar-refractivity contribution is 5.21. The van der Waals surface area contributed by atoms with Gasteiger partial charge in [0.1, 0.15) is 0 Å². The highest BCUT2D eigenvalue weighted by Gasteiger charge is 2.20. The summed E-state index contributed by atoms with van der Waals surface area (Å²) in [5.74, 6) is -2.39. The normalized spacial score (nSPS) is 11.3. The first kappa shape index (κ1) is 9.76. The number of hydrogen-bond acceptors (Lipinski definition) is 4. The Morgan fingerprint density at radius 3 is 1.73 bits per heavy atom. The third-order valence-electron chi connectivity index (χ3n) is 2.02. The van der Waals surface area contributed by atoms with Crippen LogP contribution < -0.4 is 5.11 Å². The molecule has 0 saturated carbocycles. The van der Waals surface area contributed by atoms with Crippen LogP contribution in [0.2, 0.25) is 0 Å². The van der Waals surface area contributed by atoms with Gasteiger partial charge in [-0.1, -0.05) is 12.1 Å². The molecule has 0 spiro atoms. The van der Waals surface area contributed by atoms with E-state index < -0.39 is 5.79 Å². The largest absolute Gasteiger partial charge is 0.819 e. The first-order chi connectivity index (χ1) is 7.21. The number of aromatic nitrogens is 2. The molecule has 1 N–H and O–H groups in total. The van der Waals surface area contributed by atoms with Crippen LogP contribution in [0.15, 0.2) is 48.8 Å². The maximum absolute atomic E-state index is 11.9. The van der Waals surface area contributed by atoms with Crippen LogP contribution in [0.4, 0.5) is 0 Å². The van der Waals surface area contributed by atoms with E-state index in [2.05, 4.69) is 9.97 Å². The van der Waals surface area contributed by atoms with Gasteiger partial charge >= 0.3 is 0 Å². The van der Waals surface area contributed by atoms with Crippen LogP contribution in [0.1, 0.15) is 11.4 Å². The number of hydrogen-bond donors (Lipinski definition) is 1. The van der Waals surface area contributed by atoms with Gasteiger partial charge in [-0.25, -0.2) is 0 Å². The van der Waals surface area contributed by atoms with Crippen LogP contribution in [-0.2, 0) is 5.79 Å². The zero-order chi connectivity index (χ0) is 10.7. The molecule has 2 aromatic rings. The van der Waals surface area contributed by atoms with Crippen molar-refractivity contribution in [3.8, 4) is 0 Å². The van der Waals surface area contributed by atoms with Gasteiger partial charge in [0.05, 0.1) is 17.2 Å². The molecule has 0 bridgehead atoms. The summed E-state index contributed by atoms with van der Waals surface area (Å²) in [7, 11) is 0. The maximum Gasteiger partial charge on any atom is 0.0775 e. The Morgan fingerprint density at radius 2 is 1.40 bits per heavy atom. The molecule has 0 unspecified atom stereocenters. The van der Waals surface area contributed by atoms with Crippen LogP contribution in [-0.4, -0.2) is 15.1 Å². The van der Waals surface area contributed by atoms with E-state index in [-0.39, 0.29) is 11.4 Å². The molecule has 0 aliphatic heterocycles. The van der Waals surface area contributed by atoms with Gasteiger partial charge in [0.2, 0.25) is 0 Å². The molecule has 0 aliphatic rings. The molecule has 76 valence electrons. The fourth-order valence-electron chi connectivity index (χ4n) is 1.26. The van der Waals surface area contributed by atoms with E-state index in [4.69, 9.17) is 0 Å². The van der Waals surface area contributed by atoms with E-state index in [0.717, 1.165) is 0 Å². The van der Waals surface area contributed by atoms with Crippen LogP contribution in [0.25, 0.3) is 0 Å². The molecule has 0 aliphatic carbocycles. The molecule has 0 atom stereocenters. The topological polar surface area (TPSA) is 69.1 Å². The van der Waals surface area contributed by atoms with Gasteiger partial charge in [-0.15, -0.1) is 0 Å². The second-order valence-corrected chi connectivity index (χ2v) is 3.07. The third-order valence-corrected chi connectivity index (χ3v) is 2.02. The first-order valence-corrected chi connectivity index (χ1v) is 4.47. The molecular formula is C11H9N2O2-. The fourth-order valence-corrected chi connectivity index (χ4v) is 1.26. The van der Waals surface area contributed by atoms with E-state index >= 15 is 0 Å². The average Bonchev–Trinajstić information content (AvgIpc) is 2.31. The number of aliphatic hydroxyl groups is 1. The SMILES string of the molecule is [O-]C(O)(c1ccccn1)c1ccccn1. The molecule has 15 heavy (non-hydrogen) atoms. The monoisotopic (exact) mass is 201 g/mol. The van der Waals surface area contributed by atoms with Gasteiger partial charge in [0, 0.05) is 12.4 Å². The number of pyridine rings is 2. The minimum Gasteiger partial charge on any atom is -0.819 e. The van der Waals surface area contributed by atoms with Crippen molar-refractivity contribution < 1.29 is 10.2 Å². The van der Waals surface area contributed by atoms with Crippen molar-refractivity contribution in [2.75, 3.05) is 0 Å². The minimum absolute atomic E-state index is 0.0451. The zero-order valence-corrected chi connectivity index (χ0v) is 7.87. The molecule has 0 saturated heterocycles. The van der Waals surface area contributed by atoms with Crippen molar-refractivity contribution in [3.63, 3.8) is 0 Å². The van der Waals surface area contributed by atoms with Gasteiger partial charge in [-0.05, 0) is 24.3 Å². The summed E-state index contributed by atoms with van der Waals surface area (Å²) >= 11 is 0. The number of nitrogens with zero attached hydrogens (tertiary/aromatic N) is 2. The van der Waals surface area contributed by atoms with E-state index in [1.54, 1.807) is 24.3 Å². The third kappa shape index (κ3) is 1.86. The molecule has 2 aromatic heterocycles. The number of rotatable bonds is 2. The van der Waals surface area contributed by atoms with Gasteiger partial charge in [0.15, 0.2) is 0 Å². The Balaban J connectivity index is 2.44. The van der Waals surface area contributed by atoms with Crippen molar-refractivity contribution in [3.05, 3.63) is 60.2 Å². The Labute approximate surface area is 86.9 Å². The Hall–Kier alpha value is -1.78. The minimum atomic E-state index is -2.39. The lowest BCUT2D eigenvalue weighted by molar-refractivity contribution is -0.544.